The van der Waals surface area contributed by atoms with E-state index in [-0.39, 0.29) is 11.4 Å². The van der Waals surface area contributed by atoms with Crippen molar-refractivity contribution in [3.05, 3.63) is 59.0 Å². The Labute approximate surface area is 139 Å². The molecule has 0 bridgehead atoms. The van der Waals surface area contributed by atoms with Crippen molar-refractivity contribution in [2.75, 3.05) is 16.8 Å². The molecule has 2 aliphatic heterocycles. The van der Waals surface area contributed by atoms with E-state index in [1.165, 1.54) is 11.8 Å². The van der Waals surface area contributed by atoms with Gasteiger partial charge in [-0.1, -0.05) is 42.1 Å². The average molecular weight is 324 g/mol. The lowest BCUT2D eigenvalue weighted by Crippen LogP contribution is -2.31. The van der Waals surface area contributed by atoms with Crippen LogP contribution in [0.4, 0.5) is 11.4 Å². The zero-order valence-electron chi connectivity index (χ0n) is 12.7. The molecule has 1 amide bonds. The van der Waals surface area contributed by atoms with E-state index in [0.29, 0.717) is 6.61 Å². The minimum Gasteiger partial charge on any atom is -0.493 e. The third-order valence-corrected chi connectivity index (χ3v) is 4.95. The molecule has 2 heterocycles. The van der Waals surface area contributed by atoms with E-state index >= 15 is 0 Å². The number of carbonyl (C=O) groups excluding carboxylic acids is 1. The summed E-state index contributed by atoms with van der Waals surface area (Å²) in [6.07, 6.45) is 1.92. The van der Waals surface area contributed by atoms with Gasteiger partial charge in [-0.3, -0.25) is 9.69 Å². The van der Waals surface area contributed by atoms with Crippen LogP contribution in [0.3, 0.4) is 0 Å². The number of fused-ring (bicyclic) bond motifs is 3. The van der Waals surface area contributed by atoms with Gasteiger partial charge in [0.05, 0.1) is 22.9 Å². The number of hydrogen-bond donors (Lipinski definition) is 1. The first-order valence-electron chi connectivity index (χ1n) is 7.57. The van der Waals surface area contributed by atoms with Gasteiger partial charge in [-0.05, 0) is 31.2 Å². The zero-order valence-corrected chi connectivity index (χ0v) is 13.5. The van der Waals surface area contributed by atoms with Crippen molar-refractivity contribution < 1.29 is 9.53 Å². The van der Waals surface area contributed by atoms with Crippen molar-refractivity contribution in [1.82, 2.24) is 0 Å². The van der Waals surface area contributed by atoms with Gasteiger partial charge in [0.25, 0.3) is 5.91 Å². The van der Waals surface area contributed by atoms with Crippen LogP contribution in [0.5, 0.6) is 5.75 Å². The number of ether oxygens (including phenoxy) is 1. The van der Waals surface area contributed by atoms with Crippen LogP contribution in [0.2, 0.25) is 0 Å². The summed E-state index contributed by atoms with van der Waals surface area (Å²) < 4.78 is 5.64. The quantitative estimate of drug-likeness (QED) is 0.869. The summed E-state index contributed by atoms with van der Waals surface area (Å²) in [5.74, 6) is 0.833. The second kappa shape index (κ2) is 5.66. The molecule has 1 saturated heterocycles. The van der Waals surface area contributed by atoms with Crippen molar-refractivity contribution in [3.8, 4) is 5.75 Å². The summed E-state index contributed by atoms with van der Waals surface area (Å²) in [4.78, 5) is 15.3. The van der Waals surface area contributed by atoms with E-state index in [0.717, 1.165) is 27.6 Å². The topological polar surface area (TPSA) is 41.6 Å². The Morgan fingerprint density at radius 1 is 1.22 bits per heavy atom. The number of rotatable bonds is 3. The maximum atomic E-state index is 12.8. The first kappa shape index (κ1) is 14.2. The van der Waals surface area contributed by atoms with Crippen LogP contribution < -0.4 is 15.0 Å². The first-order chi connectivity index (χ1) is 11.3. The number of nitrogens with zero attached hydrogens (tertiary/aromatic N) is 1. The molecule has 0 aromatic heterocycles. The van der Waals surface area contributed by atoms with Gasteiger partial charge in [-0.25, -0.2) is 0 Å². The van der Waals surface area contributed by atoms with Crippen LogP contribution in [-0.2, 0) is 4.79 Å². The second-order valence-corrected chi connectivity index (χ2v) is 6.41. The Hall–Kier alpha value is -2.40. The number of carbonyl (C=O) groups is 1. The predicted octanol–water partition coefficient (Wildman–Crippen LogP) is 3.92. The molecular weight excluding hydrogens is 308 g/mol. The van der Waals surface area contributed by atoms with Crippen LogP contribution in [0, 0.1) is 0 Å². The fourth-order valence-corrected chi connectivity index (χ4v) is 3.98. The highest BCUT2D eigenvalue weighted by Crippen LogP contribution is 2.47. The molecule has 1 atom stereocenters. The SMILES string of the molecule is CCOc1ccccc1/C=C1\S[C@H]2Nc3ccccc3N2C1=O. The van der Waals surface area contributed by atoms with Crippen LogP contribution in [0.15, 0.2) is 53.4 Å². The van der Waals surface area contributed by atoms with E-state index in [4.69, 9.17) is 4.74 Å². The summed E-state index contributed by atoms with van der Waals surface area (Å²) in [5, 5.41) is 3.38. The van der Waals surface area contributed by atoms with Crippen molar-refractivity contribution >= 4 is 35.1 Å². The molecule has 1 fully saturated rings. The molecule has 5 heteroatoms. The summed E-state index contributed by atoms with van der Waals surface area (Å²) in [5.41, 5.74) is 2.81. The van der Waals surface area contributed by atoms with Gasteiger partial charge in [0.15, 0.2) is 5.50 Å². The van der Waals surface area contributed by atoms with Crippen molar-refractivity contribution in [2.24, 2.45) is 0 Å². The first-order valence-corrected chi connectivity index (χ1v) is 8.45. The molecule has 0 aliphatic carbocycles. The monoisotopic (exact) mass is 324 g/mol. The van der Waals surface area contributed by atoms with Crippen molar-refractivity contribution in [2.45, 2.75) is 12.4 Å². The third kappa shape index (κ3) is 2.37. The van der Waals surface area contributed by atoms with E-state index in [1.807, 2.05) is 66.4 Å². The number of thioether (sulfide) groups is 1. The van der Waals surface area contributed by atoms with Gasteiger partial charge >= 0.3 is 0 Å². The van der Waals surface area contributed by atoms with Crippen molar-refractivity contribution in [3.63, 3.8) is 0 Å². The fourth-order valence-electron chi connectivity index (χ4n) is 2.84. The molecule has 4 nitrogen and oxygen atoms in total. The van der Waals surface area contributed by atoms with Gasteiger partial charge in [-0.2, -0.15) is 0 Å². The molecule has 0 radical (unpaired) electrons. The summed E-state index contributed by atoms with van der Waals surface area (Å²) in [7, 11) is 0. The lowest BCUT2D eigenvalue weighted by molar-refractivity contribution is -0.114. The van der Waals surface area contributed by atoms with E-state index in [2.05, 4.69) is 5.32 Å². The standard InChI is InChI=1S/C18H16N2O2S/c1-2-22-15-10-6-3-7-12(15)11-16-17(21)20-14-9-5-4-8-13(14)19-18(20)23-16/h3-11,18-19H,2H2,1H3/b16-11-/t18-/m0/s1. The third-order valence-electron chi connectivity index (χ3n) is 3.85. The Bertz CT molecular complexity index is 803. The van der Waals surface area contributed by atoms with Gasteiger partial charge in [0.2, 0.25) is 0 Å². The van der Waals surface area contributed by atoms with Crippen LogP contribution in [-0.4, -0.2) is 18.0 Å². The molecule has 2 aromatic rings. The lowest BCUT2D eigenvalue weighted by atomic mass is 10.2. The van der Waals surface area contributed by atoms with Crippen LogP contribution in [0.25, 0.3) is 6.08 Å². The van der Waals surface area contributed by atoms with Gasteiger partial charge in [0.1, 0.15) is 5.75 Å². The highest BCUT2D eigenvalue weighted by atomic mass is 32.2. The molecule has 0 spiro atoms. The Morgan fingerprint density at radius 3 is 2.87 bits per heavy atom. The second-order valence-electron chi connectivity index (χ2n) is 5.29. The smallest absolute Gasteiger partial charge is 0.267 e. The zero-order chi connectivity index (χ0) is 15.8. The molecule has 4 rings (SSSR count). The number of anilines is 2. The summed E-state index contributed by atoms with van der Waals surface area (Å²) in [6.45, 7) is 2.56. The van der Waals surface area contributed by atoms with Crippen LogP contribution >= 0.6 is 11.8 Å². The molecule has 0 saturated carbocycles. The number of nitrogens with one attached hydrogen (secondary N) is 1. The van der Waals surface area contributed by atoms with Gasteiger partial charge < -0.3 is 10.1 Å². The number of benzene rings is 2. The summed E-state index contributed by atoms with van der Waals surface area (Å²) >= 11 is 1.54. The largest absolute Gasteiger partial charge is 0.493 e. The van der Waals surface area contributed by atoms with Gasteiger partial charge in [-0.15, -0.1) is 0 Å². The van der Waals surface area contributed by atoms with Gasteiger partial charge in [0, 0.05) is 5.56 Å². The summed E-state index contributed by atoms with van der Waals surface area (Å²) in [6, 6.07) is 15.7. The minimum absolute atomic E-state index is 0.0313. The Morgan fingerprint density at radius 2 is 2.00 bits per heavy atom. The number of hydrogen-bond acceptors (Lipinski definition) is 4. The lowest BCUT2D eigenvalue weighted by Gasteiger charge is -2.12. The van der Waals surface area contributed by atoms with E-state index in [1.54, 1.807) is 0 Å². The highest BCUT2D eigenvalue weighted by molar-refractivity contribution is 8.05. The maximum Gasteiger partial charge on any atom is 0.267 e. The van der Waals surface area contributed by atoms with E-state index in [9.17, 15) is 4.79 Å². The normalized spacial score (nSPS) is 20.4. The predicted molar refractivity (Wildman–Crippen MR) is 94.5 cm³/mol. The molecular formula is C18H16N2O2S. The molecule has 0 unspecified atom stereocenters. The number of para-hydroxylation sites is 3. The highest BCUT2D eigenvalue weighted by Gasteiger charge is 2.42. The average Bonchev–Trinajstić information content (AvgIpc) is 3.07. The molecule has 1 N–H and O–H groups in total. The van der Waals surface area contributed by atoms with E-state index < -0.39 is 0 Å². The minimum atomic E-state index is -0.0644. The number of amides is 1. The molecule has 2 aliphatic rings. The van der Waals surface area contributed by atoms with Crippen molar-refractivity contribution in [1.29, 1.82) is 0 Å². The molecule has 116 valence electrons. The fraction of sp³-hybridized carbons (Fsp3) is 0.167. The maximum absolute atomic E-state index is 12.8. The molecule has 23 heavy (non-hydrogen) atoms. The van der Waals surface area contributed by atoms with Crippen LogP contribution in [0.1, 0.15) is 12.5 Å². The Kier molecular flexibility index (Phi) is 3.50. The molecule has 2 aromatic carbocycles. The Balaban J connectivity index is 1.68.